The predicted octanol–water partition coefficient (Wildman–Crippen LogP) is 2.60. The molecule has 0 atom stereocenters. The van der Waals surface area contributed by atoms with Crippen molar-refractivity contribution in [2.45, 2.75) is 13.8 Å². The maximum atomic E-state index is 5.45. The Morgan fingerprint density at radius 3 is 2.62 bits per heavy atom. The average Bonchev–Trinajstić information content (AvgIpc) is 2.58. The number of aryl methyl sites for hydroxylation is 2. The van der Waals surface area contributed by atoms with Crippen LogP contribution in [0.15, 0.2) is 16.7 Å². The zero-order valence-electron chi connectivity index (χ0n) is 7.50. The summed E-state index contributed by atoms with van der Waals surface area (Å²) in [6.45, 7) is 4.14. The molecule has 13 heavy (non-hydrogen) atoms. The van der Waals surface area contributed by atoms with E-state index in [4.69, 9.17) is 10.3 Å². The second-order valence-corrected chi connectivity index (χ2v) is 4.40. The quantitative estimate of drug-likeness (QED) is 0.759. The van der Waals surface area contributed by atoms with E-state index in [0.717, 1.165) is 11.3 Å². The summed E-state index contributed by atoms with van der Waals surface area (Å²) in [7, 11) is 0. The average molecular weight is 194 g/mol. The minimum Gasteiger partial charge on any atom is -0.368 e. The molecule has 0 bridgehead atoms. The summed E-state index contributed by atoms with van der Waals surface area (Å²) < 4.78 is 4.82. The third-order valence-corrected chi connectivity index (χ3v) is 2.81. The van der Waals surface area contributed by atoms with Crippen molar-refractivity contribution in [3.05, 3.63) is 21.9 Å². The van der Waals surface area contributed by atoms with Crippen molar-refractivity contribution in [3.8, 4) is 11.3 Å². The smallest absolute Gasteiger partial charge is 0.222 e. The molecular weight excluding hydrogens is 184 g/mol. The number of nitrogen functional groups attached to an aromatic ring is 1. The van der Waals surface area contributed by atoms with Crippen LogP contribution in [0.2, 0.25) is 0 Å². The van der Waals surface area contributed by atoms with E-state index < -0.39 is 0 Å². The van der Waals surface area contributed by atoms with Gasteiger partial charge in [0.05, 0.1) is 0 Å². The molecule has 0 spiro atoms. The van der Waals surface area contributed by atoms with Crippen molar-refractivity contribution in [1.82, 2.24) is 5.16 Å². The molecule has 0 aliphatic carbocycles. The van der Waals surface area contributed by atoms with Crippen LogP contribution in [0.3, 0.4) is 0 Å². The number of hydrogen-bond donors (Lipinski definition) is 1. The van der Waals surface area contributed by atoms with Gasteiger partial charge in [0.2, 0.25) is 5.88 Å². The summed E-state index contributed by atoms with van der Waals surface area (Å²) in [5, 5.41) is 3.87. The van der Waals surface area contributed by atoms with Gasteiger partial charge < -0.3 is 10.3 Å². The summed E-state index contributed by atoms with van der Waals surface area (Å²) in [5.41, 5.74) is 7.38. The fraction of sp³-hybridized carbons (Fsp3) is 0.222. The fourth-order valence-electron chi connectivity index (χ4n) is 1.30. The highest BCUT2D eigenvalue weighted by Crippen LogP contribution is 2.30. The van der Waals surface area contributed by atoms with Crippen LogP contribution in [-0.2, 0) is 0 Å². The number of rotatable bonds is 1. The maximum absolute atomic E-state index is 5.45. The van der Waals surface area contributed by atoms with Gasteiger partial charge in [0, 0.05) is 21.4 Å². The minimum absolute atomic E-state index is 0.359. The van der Waals surface area contributed by atoms with Crippen molar-refractivity contribution in [3.63, 3.8) is 0 Å². The third kappa shape index (κ3) is 1.45. The highest BCUT2D eigenvalue weighted by Gasteiger charge is 2.09. The highest BCUT2D eigenvalue weighted by atomic mass is 32.1. The Morgan fingerprint density at radius 2 is 2.15 bits per heavy atom. The Labute approximate surface area is 80.2 Å². The monoisotopic (exact) mass is 194 g/mol. The lowest BCUT2D eigenvalue weighted by Gasteiger charge is -1.89. The van der Waals surface area contributed by atoms with Gasteiger partial charge in [0.25, 0.3) is 0 Å². The van der Waals surface area contributed by atoms with Crippen molar-refractivity contribution >= 4 is 17.2 Å². The molecule has 0 radical (unpaired) electrons. The summed E-state index contributed by atoms with van der Waals surface area (Å²) >= 11 is 1.75. The van der Waals surface area contributed by atoms with Crippen molar-refractivity contribution in [2.75, 3.05) is 5.73 Å². The molecule has 2 rings (SSSR count). The van der Waals surface area contributed by atoms with Crippen LogP contribution in [0.25, 0.3) is 11.3 Å². The standard InChI is InChI=1S/C9H10N2OS/c1-5-3-7(6(2)13-5)8-4-9(10)12-11-8/h3-4H,10H2,1-2H3. The van der Waals surface area contributed by atoms with E-state index in [-0.39, 0.29) is 0 Å². The van der Waals surface area contributed by atoms with Gasteiger partial charge in [-0.1, -0.05) is 5.16 Å². The minimum atomic E-state index is 0.359. The Morgan fingerprint density at radius 1 is 1.38 bits per heavy atom. The lowest BCUT2D eigenvalue weighted by molar-refractivity contribution is 0.439. The highest BCUT2D eigenvalue weighted by molar-refractivity contribution is 7.12. The fourth-order valence-corrected chi connectivity index (χ4v) is 2.23. The summed E-state index contributed by atoms with van der Waals surface area (Å²) in [6, 6.07) is 3.84. The Kier molecular flexibility index (Phi) is 1.84. The van der Waals surface area contributed by atoms with Crippen LogP contribution in [-0.4, -0.2) is 5.16 Å². The molecule has 0 aliphatic heterocycles. The Bertz CT molecular complexity index is 431. The molecule has 2 heterocycles. The van der Waals surface area contributed by atoms with Crippen LogP contribution in [0, 0.1) is 13.8 Å². The SMILES string of the molecule is Cc1cc(-c2cc(N)on2)c(C)s1. The van der Waals surface area contributed by atoms with Crippen molar-refractivity contribution in [2.24, 2.45) is 0 Å². The van der Waals surface area contributed by atoms with E-state index in [0.29, 0.717) is 5.88 Å². The van der Waals surface area contributed by atoms with Gasteiger partial charge in [0.15, 0.2) is 0 Å². The molecule has 0 amide bonds. The molecule has 3 nitrogen and oxygen atoms in total. The molecule has 2 N–H and O–H groups in total. The van der Waals surface area contributed by atoms with Gasteiger partial charge >= 0.3 is 0 Å². The van der Waals surface area contributed by atoms with E-state index in [2.05, 4.69) is 25.1 Å². The lowest BCUT2D eigenvalue weighted by Crippen LogP contribution is -1.76. The Balaban J connectivity index is 2.51. The molecule has 0 saturated heterocycles. The van der Waals surface area contributed by atoms with E-state index in [1.54, 1.807) is 17.4 Å². The molecule has 68 valence electrons. The number of aromatic nitrogens is 1. The number of nitrogens with two attached hydrogens (primary N) is 1. The molecule has 0 fully saturated rings. The van der Waals surface area contributed by atoms with Gasteiger partial charge in [-0.05, 0) is 19.9 Å². The van der Waals surface area contributed by atoms with Crippen LogP contribution in [0.1, 0.15) is 9.75 Å². The predicted molar refractivity (Wildman–Crippen MR) is 53.7 cm³/mol. The summed E-state index contributed by atoms with van der Waals surface area (Å²) in [6.07, 6.45) is 0. The lowest BCUT2D eigenvalue weighted by atomic mass is 10.2. The molecular formula is C9H10N2OS. The number of hydrogen-bond acceptors (Lipinski definition) is 4. The summed E-state index contributed by atoms with van der Waals surface area (Å²) in [4.78, 5) is 2.51. The van der Waals surface area contributed by atoms with Gasteiger partial charge in [-0.2, -0.15) is 0 Å². The van der Waals surface area contributed by atoms with Gasteiger partial charge in [-0.3, -0.25) is 0 Å². The zero-order valence-corrected chi connectivity index (χ0v) is 8.31. The maximum Gasteiger partial charge on any atom is 0.222 e. The first kappa shape index (κ1) is 8.31. The first-order valence-corrected chi connectivity index (χ1v) is 4.78. The van der Waals surface area contributed by atoms with Crippen LogP contribution >= 0.6 is 11.3 Å². The largest absolute Gasteiger partial charge is 0.368 e. The first-order valence-electron chi connectivity index (χ1n) is 3.96. The van der Waals surface area contributed by atoms with Crippen molar-refractivity contribution in [1.29, 1.82) is 0 Å². The number of nitrogens with zero attached hydrogens (tertiary/aromatic N) is 1. The topological polar surface area (TPSA) is 52.0 Å². The van der Waals surface area contributed by atoms with E-state index in [1.807, 2.05) is 0 Å². The second kappa shape index (κ2) is 2.88. The first-order chi connectivity index (χ1) is 6.16. The normalized spacial score (nSPS) is 10.6. The molecule has 0 unspecified atom stereocenters. The van der Waals surface area contributed by atoms with Gasteiger partial charge in [0.1, 0.15) is 5.69 Å². The van der Waals surface area contributed by atoms with E-state index >= 15 is 0 Å². The van der Waals surface area contributed by atoms with Gasteiger partial charge in [-0.25, -0.2) is 0 Å². The Hall–Kier alpha value is -1.29. The number of thiophene rings is 1. The third-order valence-electron chi connectivity index (χ3n) is 1.85. The van der Waals surface area contributed by atoms with Crippen LogP contribution < -0.4 is 5.73 Å². The van der Waals surface area contributed by atoms with Crippen LogP contribution in [0.5, 0.6) is 0 Å². The molecule has 0 aliphatic rings. The van der Waals surface area contributed by atoms with Crippen molar-refractivity contribution < 1.29 is 4.52 Å². The van der Waals surface area contributed by atoms with Crippen LogP contribution in [0.4, 0.5) is 5.88 Å². The molecule has 2 aromatic heterocycles. The number of anilines is 1. The second-order valence-electron chi connectivity index (χ2n) is 2.94. The molecule has 0 saturated carbocycles. The molecule has 4 heteroatoms. The van der Waals surface area contributed by atoms with E-state index in [1.165, 1.54) is 9.75 Å². The molecule has 2 aromatic rings. The van der Waals surface area contributed by atoms with E-state index in [9.17, 15) is 0 Å². The summed E-state index contributed by atoms with van der Waals surface area (Å²) in [5.74, 6) is 0.359. The van der Waals surface area contributed by atoms with Gasteiger partial charge in [-0.15, -0.1) is 11.3 Å². The molecule has 0 aromatic carbocycles. The zero-order chi connectivity index (χ0) is 9.42.